The molecule has 0 bridgehead atoms. The van der Waals surface area contributed by atoms with E-state index < -0.39 is 5.25 Å². The van der Waals surface area contributed by atoms with Crippen LogP contribution in [0.1, 0.15) is 73.6 Å². The summed E-state index contributed by atoms with van der Waals surface area (Å²) in [6.07, 6.45) is 3.54. The lowest BCUT2D eigenvalue weighted by Crippen LogP contribution is -2.45. The van der Waals surface area contributed by atoms with Gasteiger partial charge in [0.05, 0.1) is 11.0 Å². The van der Waals surface area contributed by atoms with Crippen LogP contribution in [0.3, 0.4) is 0 Å². The van der Waals surface area contributed by atoms with E-state index in [1.807, 2.05) is 41.5 Å². The van der Waals surface area contributed by atoms with E-state index in [0.29, 0.717) is 18.1 Å². The van der Waals surface area contributed by atoms with Gasteiger partial charge in [-0.3, -0.25) is 24.7 Å². The van der Waals surface area contributed by atoms with Gasteiger partial charge in [-0.15, -0.1) is 11.8 Å². The Balaban J connectivity index is 1.80. The Bertz CT molecular complexity index is 673. The predicted octanol–water partition coefficient (Wildman–Crippen LogP) is 2.93. The van der Waals surface area contributed by atoms with Crippen molar-refractivity contribution >= 4 is 35.3 Å². The summed E-state index contributed by atoms with van der Waals surface area (Å²) in [5, 5.41) is 13.8. The Kier molecular flexibility index (Phi) is 7.99. The molecule has 3 N–H and O–H groups in total. The SMILES string of the molecule is CC(C)(C)NC(=N)CSC1CC(=O)N(CC2CCC(C(=O)NC(C)(C)C)CC2)C1=O. The highest BCUT2D eigenvalue weighted by molar-refractivity contribution is 8.01. The Labute approximate surface area is 185 Å². The molecule has 0 aromatic rings. The molecule has 0 aromatic heterocycles. The van der Waals surface area contributed by atoms with Crippen LogP contribution in [0.4, 0.5) is 0 Å². The molecule has 1 saturated carbocycles. The molecule has 2 fully saturated rings. The van der Waals surface area contributed by atoms with E-state index in [9.17, 15) is 14.4 Å². The topological polar surface area (TPSA) is 102 Å². The van der Waals surface area contributed by atoms with Crippen molar-refractivity contribution in [2.75, 3.05) is 12.3 Å². The maximum atomic E-state index is 12.7. The fourth-order valence-corrected chi connectivity index (χ4v) is 4.95. The standard InChI is InChI=1S/C22H38N4O3S/c1-21(2,3)24-17(23)13-30-16-11-18(27)26(20(16)29)12-14-7-9-15(10-8-14)19(28)25-22(4,5)6/h14-16H,7-13H2,1-6H3,(H2,23,24)(H,25,28). The van der Waals surface area contributed by atoms with Crippen molar-refractivity contribution in [2.24, 2.45) is 11.8 Å². The quantitative estimate of drug-likeness (QED) is 0.336. The molecule has 1 heterocycles. The summed E-state index contributed by atoms with van der Waals surface area (Å²) in [5.41, 5.74) is -0.421. The average Bonchev–Trinajstić information content (AvgIpc) is 2.85. The second-order valence-electron chi connectivity index (χ2n) is 10.7. The lowest BCUT2D eigenvalue weighted by Gasteiger charge is -2.32. The summed E-state index contributed by atoms with van der Waals surface area (Å²) in [6, 6.07) is 0. The van der Waals surface area contributed by atoms with E-state index in [1.165, 1.54) is 16.7 Å². The number of amidine groups is 1. The van der Waals surface area contributed by atoms with Gasteiger partial charge in [0.15, 0.2) is 0 Å². The van der Waals surface area contributed by atoms with Gasteiger partial charge in [0.1, 0.15) is 5.84 Å². The molecule has 170 valence electrons. The normalized spacial score (nSPS) is 25.4. The Hall–Kier alpha value is -1.57. The fraction of sp³-hybridized carbons (Fsp3) is 0.818. The Morgan fingerprint density at radius 1 is 1.03 bits per heavy atom. The number of hydrogen-bond acceptors (Lipinski definition) is 5. The smallest absolute Gasteiger partial charge is 0.242 e. The van der Waals surface area contributed by atoms with Gasteiger partial charge < -0.3 is 10.6 Å². The van der Waals surface area contributed by atoms with Gasteiger partial charge in [0.2, 0.25) is 17.7 Å². The van der Waals surface area contributed by atoms with Crippen molar-refractivity contribution in [3.63, 3.8) is 0 Å². The van der Waals surface area contributed by atoms with Crippen LogP contribution in [0, 0.1) is 17.2 Å². The van der Waals surface area contributed by atoms with Crippen molar-refractivity contribution in [3.8, 4) is 0 Å². The number of hydrogen-bond donors (Lipinski definition) is 3. The molecule has 1 aliphatic carbocycles. The molecule has 3 amide bonds. The molecule has 7 nitrogen and oxygen atoms in total. The summed E-state index contributed by atoms with van der Waals surface area (Å²) in [4.78, 5) is 39.0. The third kappa shape index (κ3) is 7.60. The van der Waals surface area contributed by atoms with E-state index in [-0.39, 0.29) is 47.1 Å². The summed E-state index contributed by atoms with van der Waals surface area (Å²) >= 11 is 1.37. The highest BCUT2D eigenvalue weighted by atomic mass is 32.2. The first kappa shape index (κ1) is 24.7. The second kappa shape index (κ2) is 9.71. The van der Waals surface area contributed by atoms with Crippen LogP contribution in [-0.2, 0) is 14.4 Å². The summed E-state index contributed by atoms with van der Waals surface area (Å²) < 4.78 is 0. The maximum Gasteiger partial charge on any atom is 0.242 e. The predicted molar refractivity (Wildman–Crippen MR) is 122 cm³/mol. The number of likely N-dealkylation sites (tertiary alicyclic amines) is 1. The number of carbonyl (C=O) groups excluding carboxylic acids is 3. The molecule has 1 saturated heterocycles. The highest BCUT2D eigenvalue weighted by Crippen LogP contribution is 2.32. The van der Waals surface area contributed by atoms with E-state index in [2.05, 4.69) is 10.6 Å². The van der Waals surface area contributed by atoms with Crippen molar-refractivity contribution in [1.29, 1.82) is 5.41 Å². The van der Waals surface area contributed by atoms with Gasteiger partial charge >= 0.3 is 0 Å². The van der Waals surface area contributed by atoms with Gasteiger partial charge in [0, 0.05) is 30.0 Å². The number of nitrogens with zero attached hydrogens (tertiary/aromatic N) is 1. The molecule has 2 aliphatic rings. The summed E-state index contributed by atoms with van der Waals surface area (Å²) in [7, 11) is 0. The first-order chi connectivity index (χ1) is 13.7. The van der Waals surface area contributed by atoms with Crippen LogP contribution < -0.4 is 10.6 Å². The third-order valence-electron chi connectivity index (χ3n) is 5.31. The van der Waals surface area contributed by atoms with Crippen molar-refractivity contribution in [2.45, 2.75) is 90.0 Å². The molecule has 1 aliphatic heterocycles. The molecule has 1 unspecified atom stereocenters. The Morgan fingerprint density at radius 2 is 1.60 bits per heavy atom. The van der Waals surface area contributed by atoms with Crippen LogP contribution in [0.2, 0.25) is 0 Å². The monoisotopic (exact) mass is 438 g/mol. The average molecular weight is 439 g/mol. The van der Waals surface area contributed by atoms with Crippen LogP contribution in [0.25, 0.3) is 0 Å². The zero-order valence-corrected chi connectivity index (χ0v) is 20.1. The molecule has 0 aromatic carbocycles. The molecule has 2 rings (SSSR count). The molecule has 8 heteroatoms. The van der Waals surface area contributed by atoms with Gasteiger partial charge in [-0.25, -0.2) is 0 Å². The Morgan fingerprint density at radius 3 is 2.13 bits per heavy atom. The summed E-state index contributed by atoms with van der Waals surface area (Å²) in [6.45, 7) is 12.4. The van der Waals surface area contributed by atoms with Crippen molar-refractivity contribution < 1.29 is 14.4 Å². The molecule has 0 spiro atoms. The number of imide groups is 1. The van der Waals surface area contributed by atoms with E-state index in [1.54, 1.807) is 0 Å². The number of amides is 3. The minimum Gasteiger partial charge on any atom is -0.369 e. The number of thioether (sulfide) groups is 1. The third-order valence-corrected chi connectivity index (χ3v) is 6.54. The zero-order chi connectivity index (χ0) is 22.7. The number of rotatable bonds is 6. The molecule has 0 radical (unpaired) electrons. The molecule has 30 heavy (non-hydrogen) atoms. The van der Waals surface area contributed by atoms with E-state index in [0.717, 1.165) is 25.7 Å². The largest absolute Gasteiger partial charge is 0.369 e. The van der Waals surface area contributed by atoms with Crippen LogP contribution in [-0.4, -0.2) is 57.1 Å². The lowest BCUT2D eigenvalue weighted by molar-refractivity contribution is -0.139. The summed E-state index contributed by atoms with van der Waals surface area (Å²) in [5.74, 6) is 0.927. The minimum absolute atomic E-state index is 0.0232. The maximum absolute atomic E-state index is 12.7. The van der Waals surface area contributed by atoms with Crippen molar-refractivity contribution in [1.82, 2.24) is 15.5 Å². The van der Waals surface area contributed by atoms with Gasteiger partial charge in [-0.2, -0.15) is 0 Å². The van der Waals surface area contributed by atoms with E-state index >= 15 is 0 Å². The van der Waals surface area contributed by atoms with Crippen molar-refractivity contribution in [3.05, 3.63) is 0 Å². The first-order valence-electron chi connectivity index (χ1n) is 10.9. The second-order valence-corrected chi connectivity index (χ2v) is 11.8. The van der Waals surface area contributed by atoms with Crippen LogP contribution in [0.5, 0.6) is 0 Å². The first-order valence-corrected chi connectivity index (χ1v) is 11.9. The van der Waals surface area contributed by atoms with Gasteiger partial charge in [-0.05, 0) is 73.1 Å². The lowest BCUT2D eigenvalue weighted by atomic mass is 9.81. The minimum atomic E-state index is -0.395. The fourth-order valence-electron chi connectivity index (χ4n) is 3.98. The van der Waals surface area contributed by atoms with E-state index in [4.69, 9.17) is 5.41 Å². The zero-order valence-electron chi connectivity index (χ0n) is 19.3. The van der Waals surface area contributed by atoms with Crippen LogP contribution in [0.15, 0.2) is 0 Å². The molecule has 1 atom stereocenters. The van der Waals surface area contributed by atoms with Gasteiger partial charge in [0.25, 0.3) is 0 Å². The number of carbonyl (C=O) groups is 3. The molecular weight excluding hydrogens is 400 g/mol. The molecular formula is C22H38N4O3S. The van der Waals surface area contributed by atoms with Gasteiger partial charge in [-0.1, -0.05) is 0 Å². The number of nitrogens with one attached hydrogen (secondary N) is 3. The highest BCUT2D eigenvalue weighted by Gasteiger charge is 2.40. The van der Waals surface area contributed by atoms with Crippen LogP contribution >= 0.6 is 11.8 Å².